The SMILES string of the molecule is CO[C@H](C)[C@H](N)C(=O)N[C@H](C(=O)O)[C@@H](C)OC. The number of hydrogen-bond donors (Lipinski definition) is 3. The van der Waals surface area contributed by atoms with Crippen molar-refractivity contribution in [3.8, 4) is 0 Å². The van der Waals surface area contributed by atoms with Crippen molar-refractivity contribution in [3.05, 3.63) is 0 Å². The van der Waals surface area contributed by atoms with E-state index >= 15 is 0 Å². The lowest BCUT2D eigenvalue weighted by atomic mass is 10.1. The predicted molar refractivity (Wildman–Crippen MR) is 60.5 cm³/mol. The fourth-order valence-corrected chi connectivity index (χ4v) is 1.13. The van der Waals surface area contributed by atoms with Gasteiger partial charge in [-0.25, -0.2) is 4.79 Å². The molecule has 4 atom stereocenters. The fourth-order valence-electron chi connectivity index (χ4n) is 1.13. The van der Waals surface area contributed by atoms with Crippen LogP contribution in [-0.2, 0) is 19.1 Å². The Hall–Kier alpha value is -1.18. The molecule has 0 fully saturated rings. The number of aliphatic carboxylic acids is 1. The first kappa shape index (κ1) is 15.8. The topological polar surface area (TPSA) is 111 Å². The summed E-state index contributed by atoms with van der Waals surface area (Å²) in [4.78, 5) is 22.6. The molecular formula is C10H20N2O5. The Morgan fingerprint density at radius 1 is 1.18 bits per heavy atom. The van der Waals surface area contributed by atoms with Crippen molar-refractivity contribution >= 4 is 11.9 Å². The lowest BCUT2D eigenvalue weighted by molar-refractivity contribution is -0.146. The number of carboxylic acids is 1. The quantitative estimate of drug-likeness (QED) is 0.530. The molecule has 0 saturated heterocycles. The lowest BCUT2D eigenvalue weighted by Gasteiger charge is -2.23. The van der Waals surface area contributed by atoms with E-state index in [0.717, 1.165) is 0 Å². The highest BCUT2D eigenvalue weighted by molar-refractivity contribution is 5.87. The Morgan fingerprint density at radius 2 is 1.65 bits per heavy atom. The first-order valence-electron chi connectivity index (χ1n) is 5.19. The van der Waals surface area contributed by atoms with Gasteiger partial charge in [0.25, 0.3) is 0 Å². The number of rotatable bonds is 7. The molecule has 0 aliphatic heterocycles. The molecular weight excluding hydrogens is 228 g/mol. The number of nitrogens with two attached hydrogens (primary N) is 1. The summed E-state index contributed by atoms with van der Waals surface area (Å²) < 4.78 is 9.77. The second-order valence-corrected chi connectivity index (χ2v) is 3.73. The van der Waals surface area contributed by atoms with Crippen LogP contribution in [0.2, 0.25) is 0 Å². The van der Waals surface area contributed by atoms with E-state index in [1.165, 1.54) is 14.2 Å². The van der Waals surface area contributed by atoms with Gasteiger partial charge in [0.15, 0.2) is 6.04 Å². The Morgan fingerprint density at radius 3 is 2.00 bits per heavy atom. The number of carbonyl (C=O) groups excluding carboxylic acids is 1. The molecule has 0 bridgehead atoms. The summed E-state index contributed by atoms with van der Waals surface area (Å²) in [7, 11) is 2.79. The Bertz CT molecular complexity index is 271. The van der Waals surface area contributed by atoms with Gasteiger partial charge in [-0.2, -0.15) is 0 Å². The highest BCUT2D eigenvalue weighted by Crippen LogP contribution is 2.01. The van der Waals surface area contributed by atoms with E-state index in [1.807, 2.05) is 0 Å². The van der Waals surface area contributed by atoms with Crippen LogP contribution in [0.3, 0.4) is 0 Å². The summed E-state index contributed by atoms with van der Waals surface area (Å²) in [6, 6.07) is -2.06. The first-order chi connectivity index (χ1) is 7.84. The molecule has 0 aliphatic carbocycles. The maximum atomic E-state index is 11.6. The van der Waals surface area contributed by atoms with Crippen LogP contribution in [0.5, 0.6) is 0 Å². The summed E-state index contributed by atoms with van der Waals surface area (Å²) >= 11 is 0. The Balaban J connectivity index is 4.56. The van der Waals surface area contributed by atoms with Crippen LogP contribution >= 0.6 is 0 Å². The zero-order valence-corrected chi connectivity index (χ0v) is 10.5. The van der Waals surface area contributed by atoms with E-state index in [-0.39, 0.29) is 0 Å². The van der Waals surface area contributed by atoms with Crippen LogP contribution < -0.4 is 11.1 Å². The first-order valence-corrected chi connectivity index (χ1v) is 5.19. The molecule has 7 nitrogen and oxygen atoms in total. The Kier molecular flexibility index (Phi) is 6.71. The van der Waals surface area contributed by atoms with Crippen molar-refractivity contribution in [1.82, 2.24) is 5.32 Å². The van der Waals surface area contributed by atoms with Gasteiger partial charge in [0.2, 0.25) is 5.91 Å². The van der Waals surface area contributed by atoms with Crippen LogP contribution in [0.15, 0.2) is 0 Å². The summed E-state index contributed by atoms with van der Waals surface area (Å²) in [5, 5.41) is 11.2. The molecule has 0 radical (unpaired) electrons. The van der Waals surface area contributed by atoms with E-state index < -0.39 is 36.2 Å². The summed E-state index contributed by atoms with van der Waals surface area (Å²) in [6.07, 6.45) is -1.15. The van der Waals surface area contributed by atoms with Gasteiger partial charge in [-0.05, 0) is 13.8 Å². The number of amides is 1. The van der Waals surface area contributed by atoms with E-state index in [9.17, 15) is 9.59 Å². The highest BCUT2D eigenvalue weighted by Gasteiger charge is 2.30. The van der Waals surface area contributed by atoms with Crippen LogP contribution in [0.4, 0.5) is 0 Å². The van der Waals surface area contributed by atoms with E-state index in [1.54, 1.807) is 13.8 Å². The maximum absolute atomic E-state index is 11.6. The van der Waals surface area contributed by atoms with Crippen molar-refractivity contribution < 1.29 is 24.2 Å². The normalized spacial score (nSPS) is 17.9. The van der Waals surface area contributed by atoms with Crippen molar-refractivity contribution in [2.24, 2.45) is 5.73 Å². The molecule has 7 heteroatoms. The van der Waals surface area contributed by atoms with Crippen LogP contribution in [0, 0.1) is 0 Å². The number of nitrogens with one attached hydrogen (secondary N) is 1. The standard InChI is InChI=1S/C10H20N2O5/c1-5(16-3)7(11)9(13)12-8(10(14)15)6(2)17-4/h5-8H,11H2,1-4H3,(H,12,13)(H,14,15)/t5-,6-,7+,8+/m1/s1. The Labute approximate surface area is 100 Å². The molecule has 0 rings (SSSR count). The fraction of sp³-hybridized carbons (Fsp3) is 0.800. The zero-order chi connectivity index (χ0) is 13.6. The van der Waals surface area contributed by atoms with E-state index in [4.69, 9.17) is 20.3 Å². The second-order valence-electron chi connectivity index (χ2n) is 3.73. The number of hydrogen-bond acceptors (Lipinski definition) is 5. The lowest BCUT2D eigenvalue weighted by Crippen LogP contribution is -2.55. The molecule has 0 aromatic heterocycles. The van der Waals surface area contributed by atoms with E-state index in [0.29, 0.717) is 0 Å². The largest absolute Gasteiger partial charge is 0.480 e. The summed E-state index contributed by atoms with van der Waals surface area (Å²) in [5.41, 5.74) is 5.59. The highest BCUT2D eigenvalue weighted by atomic mass is 16.5. The van der Waals surface area contributed by atoms with Gasteiger partial charge < -0.3 is 25.6 Å². The average molecular weight is 248 g/mol. The van der Waals surface area contributed by atoms with Crippen molar-refractivity contribution in [2.75, 3.05) is 14.2 Å². The van der Waals surface area contributed by atoms with Crippen molar-refractivity contribution in [3.63, 3.8) is 0 Å². The molecule has 0 aromatic rings. The molecule has 0 spiro atoms. The third-order valence-electron chi connectivity index (χ3n) is 2.59. The molecule has 0 saturated carbocycles. The monoisotopic (exact) mass is 248 g/mol. The van der Waals surface area contributed by atoms with Gasteiger partial charge in [0.05, 0.1) is 12.2 Å². The molecule has 0 aromatic carbocycles. The van der Waals surface area contributed by atoms with Crippen LogP contribution in [0.25, 0.3) is 0 Å². The minimum atomic E-state index is -1.18. The minimum absolute atomic E-state index is 0.498. The van der Waals surface area contributed by atoms with Crippen molar-refractivity contribution in [1.29, 1.82) is 0 Å². The van der Waals surface area contributed by atoms with Gasteiger partial charge in [0, 0.05) is 14.2 Å². The molecule has 0 aliphatic rings. The van der Waals surface area contributed by atoms with Gasteiger partial charge in [0.1, 0.15) is 6.04 Å². The number of carbonyl (C=O) groups is 2. The van der Waals surface area contributed by atoms with Gasteiger partial charge in [-0.15, -0.1) is 0 Å². The van der Waals surface area contributed by atoms with Gasteiger partial charge in [-0.3, -0.25) is 4.79 Å². The smallest absolute Gasteiger partial charge is 0.328 e. The third-order valence-corrected chi connectivity index (χ3v) is 2.59. The second kappa shape index (κ2) is 7.21. The van der Waals surface area contributed by atoms with Crippen LogP contribution in [0.1, 0.15) is 13.8 Å². The molecule has 17 heavy (non-hydrogen) atoms. The van der Waals surface area contributed by atoms with Crippen molar-refractivity contribution in [2.45, 2.75) is 38.1 Å². The summed E-state index contributed by atoms with van der Waals surface area (Å²) in [5.74, 6) is -1.76. The van der Waals surface area contributed by atoms with Gasteiger partial charge in [-0.1, -0.05) is 0 Å². The average Bonchev–Trinajstić information content (AvgIpc) is 2.32. The summed E-state index contributed by atoms with van der Waals surface area (Å²) in [6.45, 7) is 3.17. The molecule has 0 unspecified atom stereocenters. The molecule has 0 heterocycles. The minimum Gasteiger partial charge on any atom is -0.480 e. The van der Waals surface area contributed by atoms with Gasteiger partial charge >= 0.3 is 5.97 Å². The third kappa shape index (κ3) is 4.68. The van der Waals surface area contributed by atoms with Crippen LogP contribution in [-0.4, -0.2) is 55.5 Å². The molecule has 4 N–H and O–H groups in total. The predicted octanol–water partition coefficient (Wildman–Crippen LogP) is -1.05. The number of methoxy groups -OCH3 is 2. The van der Waals surface area contributed by atoms with E-state index in [2.05, 4.69) is 5.32 Å². The molecule has 100 valence electrons. The zero-order valence-electron chi connectivity index (χ0n) is 10.5. The molecule has 1 amide bonds. The maximum Gasteiger partial charge on any atom is 0.328 e. The number of ether oxygens (including phenoxy) is 2. The number of carboxylic acid groups (broad SMARTS) is 1.